The van der Waals surface area contributed by atoms with Crippen molar-refractivity contribution in [3.05, 3.63) is 114 Å². The Balaban J connectivity index is 0.0000115. The zero-order chi connectivity index (χ0) is 65.1. The first kappa shape index (κ1) is 71.1. The average molecular weight is 1370 g/mol. The maximum absolute atomic E-state index is 13.4. The predicted molar refractivity (Wildman–Crippen MR) is 320 cm³/mol. The molecule has 3 aliphatic rings. The van der Waals surface area contributed by atoms with Crippen LogP contribution in [0.15, 0.2) is 42.3 Å². The minimum absolute atomic E-state index is 0. The Kier molecular flexibility index (Phi) is 23.0. The van der Waals surface area contributed by atoms with E-state index in [1.165, 1.54) is 13.8 Å². The molecule has 0 aliphatic carbocycles. The van der Waals surface area contributed by atoms with Gasteiger partial charge in [-0.15, -0.1) is 51.1 Å². The fourth-order valence-electron chi connectivity index (χ4n) is 10.0. The van der Waals surface area contributed by atoms with Crippen LogP contribution >= 0.6 is 35.2 Å². The number of anilines is 1. The number of amides is 2. The van der Waals surface area contributed by atoms with Crippen LogP contribution in [0.4, 0.5) is 5.82 Å². The van der Waals surface area contributed by atoms with E-state index in [1.807, 2.05) is 39.8 Å². The molecule has 0 saturated carbocycles. The van der Waals surface area contributed by atoms with Crippen LogP contribution in [0, 0.1) is 32.1 Å². The van der Waals surface area contributed by atoms with Crippen LogP contribution in [0.3, 0.4) is 0 Å². The largest absolute Gasteiger partial charge is 4.00 e. The number of phosphoric ester groups is 3. The molecular weight excluding hydrogens is 1300 g/mol. The molecule has 8 rings (SSSR count). The number of carbonyl (C=O) groups excluding carboxylic acids is 3. The number of hydrogen-bond acceptors (Lipinski definition) is 20. The number of imidazole rings is 1. The number of aliphatic hydroxyl groups excluding tert-OH is 3. The fraction of sp³-hybridized carbons (Fsp3) is 0.426. The van der Waals surface area contributed by atoms with E-state index >= 15 is 0 Å². The van der Waals surface area contributed by atoms with Crippen LogP contribution in [-0.2, 0) is 85.4 Å². The van der Waals surface area contributed by atoms with Gasteiger partial charge in [0, 0.05) is 49.4 Å². The third-order valence-corrected chi connectivity index (χ3v) is 19.0. The summed E-state index contributed by atoms with van der Waals surface area (Å²) >= 11 is 0.996. The molecule has 8 unspecified atom stereocenters. The first-order chi connectivity index (χ1) is 41.8. The van der Waals surface area contributed by atoms with E-state index in [4.69, 9.17) is 39.8 Å². The van der Waals surface area contributed by atoms with Crippen LogP contribution in [-0.4, -0.2) is 139 Å². The molecule has 1 fully saturated rings. The standard InChI is InChI=1S/C54H66N11O20P3S.Fe/c1-8-30-26(2)36-19-41-33(21-66)29(5)35(64-41)17-34-27(3)31(9-11-44(68)69)39(62-34)20-40-32(28(4)37(63-40)18-38(30)61-36)10-12-45(70)89-16-15-56-43(67)13-14-57-52(73)49(72)54(6,7)23-82-88(79,80)85-87(77,78)81-22-42-48(84-86(74,75)76)47(71)53(83-42)65-25-60-46-50(55)58-24-59-51(46)65;/h8,17-21,24-25,30,42,47-49,53,66,71-72H,1,9-16,22-23H2,2-7H3,(H,56,67)(H,57,73)(H,68,69)(H,77,78)(H,79,80)(H2,55,58,59)(H2,74,75,76);/q-4;+4/b33-21+,34-17-,38-18+,39-20?,41-19-;. The van der Waals surface area contributed by atoms with Crippen molar-refractivity contribution in [3.63, 3.8) is 0 Å². The normalized spacial score (nSPS) is 21.5. The first-order valence-electron chi connectivity index (χ1n) is 27.3. The van der Waals surface area contributed by atoms with Gasteiger partial charge in [0.15, 0.2) is 22.8 Å². The topological polar surface area (TPSA) is 478 Å². The van der Waals surface area contributed by atoms with E-state index < -0.39 is 90.5 Å². The molecule has 0 radical (unpaired) electrons. The summed E-state index contributed by atoms with van der Waals surface area (Å²) < 4.78 is 63.0. The number of fused-ring (bicyclic) bond motifs is 9. The van der Waals surface area contributed by atoms with Gasteiger partial charge in [0.05, 0.1) is 25.8 Å². The number of nitrogens with one attached hydrogen (secondary N) is 2. The quantitative estimate of drug-likeness (QED) is 0.0157. The molecule has 36 heteroatoms. The monoisotopic (exact) mass is 1370 g/mol. The second-order valence-electron chi connectivity index (χ2n) is 21.6. The van der Waals surface area contributed by atoms with Crippen molar-refractivity contribution in [1.82, 2.24) is 45.1 Å². The average Bonchev–Trinajstić information content (AvgIpc) is 1.64. The van der Waals surface area contributed by atoms with Gasteiger partial charge >= 0.3 is 46.5 Å². The Morgan fingerprint density at radius 2 is 1.56 bits per heavy atom. The summed E-state index contributed by atoms with van der Waals surface area (Å²) in [6.45, 7) is 11.8. The van der Waals surface area contributed by atoms with Gasteiger partial charge in [0.1, 0.15) is 36.3 Å². The number of hydrogen-bond donors (Lipinski definition) is 11. The van der Waals surface area contributed by atoms with Crippen LogP contribution < -0.4 is 52.6 Å². The molecule has 0 aromatic carbocycles. The molecular formula is C54H66FeN11O20P3S. The number of carboxylic acids is 1. The molecule has 8 atom stereocenters. The Bertz CT molecular complexity index is 4080. The zero-order valence-electron chi connectivity index (χ0n) is 49.1. The van der Waals surface area contributed by atoms with Gasteiger partial charge in [-0.05, 0) is 45.8 Å². The number of aromatic nitrogens is 7. The van der Waals surface area contributed by atoms with Gasteiger partial charge in [-0.2, -0.15) is 4.31 Å². The molecule has 31 nitrogen and oxygen atoms in total. The van der Waals surface area contributed by atoms with E-state index in [0.29, 0.717) is 60.9 Å². The van der Waals surface area contributed by atoms with Crippen LogP contribution in [0.1, 0.15) is 91.2 Å². The third kappa shape index (κ3) is 16.8. The third-order valence-electron chi connectivity index (χ3n) is 14.9. The number of thioether (sulfide) groups is 1. The number of nitrogens with two attached hydrogens (primary N) is 1. The zero-order valence-corrected chi connectivity index (χ0v) is 53.7. The maximum atomic E-state index is 13.4. The Hall–Kier alpha value is -6.31. The second-order valence-corrected chi connectivity index (χ2v) is 27.0. The Morgan fingerprint density at radius 1 is 0.867 bits per heavy atom. The van der Waals surface area contributed by atoms with Crippen molar-refractivity contribution >= 4 is 106 Å². The molecule has 90 heavy (non-hydrogen) atoms. The van der Waals surface area contributed by atoms with Gasteiger partial charge in [0.2, 0.25) is 11.8 Å². The van der Waals surface area contributed by atoms with E-state index in [2.05, 4.69) is 41.0 Å². The number of phosphoric acid groups is 3. The van der Waals surface area contributed by atoms with Gasteiger partial charge < -0.3 is 81.4 Å². The number of rotatable bonds is 26. The number of nitrogens with zero attached hydrogens (tertiary/aromatic N) is 8. The summed E-state index contributed by atoms with van der Waals surface area (Å²) in [5.74, 6) is -2.66. The predicted octanol–water partition coefficient (Wildman–Crippen LogP) is 0.661. The summed E-state index contributed by atoms with van der Waals surface area (Å²) in [5, 5.41) is 53.7. The number of aliphatic carboxylic acids is 1. The van der Waals surface area contributed by atoms with Crippen LogP contribution in [0.2, 0.25) is 0 Å². The minimum Gasteiger partial charge on any atom is -0.661 e. The molecule has 5 aromatic heterocycles. The molecule has 8 heterocycles. The smallest absolute Gasteiger partial charge is 0.661 e. The number of aliphatic hydroxyl groups is 3. The van der Waals surface area contributed by atoms with Crippen molar-refractivity contribution in [3.8, 4) is 0 Å². The van der Waals surface area contributed by atoms with Crippen molar-refractivity contribution in [2.75, 3.05) is 37.8 Å². The SMILES string of the molecule is C=CC1C(C)=C2/C=c3\[n-]c(c(C)\c3=C/O)/C=c3\[n-]c(c(CCC(=O)O)c3C)=Cc3[n-]c(c(C)c3CCC(=O)SCCNC(=O)CCNC(=O)C(O)C(C)(C)COP(=O)(O)OP(=O)(O)OCC3OC(n4cnc5c(N)ncnc54)C(O)C3OP(=O)(O)O)/C=C\1[N-]2.[Fe+4]. The summed E-state index contributed by atoms with van der Waals surface area (Å²) in [6, 6.07) is 0. The van der Waals surface area contributed by atoms with E-state index in [-0.39, 0.29) is 96.0 Å². The van der Waals surface area contributed by atoms with Gasteiger partial charge in [0.25, 0.3) is 0 Å². The summed E-state index contributed by atoms with van der Waals surface area (Å²) in [5.41, 5.74) is 11.8. The summed E-state index contributed by atoms with van der Waals surface area (Å²) in [4.78, 5) is 117. The number of carbonyl (C=O) groups is 4. The molecule has 1 saturated heterocycles. The van der Waals surface area contributed by atoms with Gasteiger partial charge in [-0.1, -0.05) is 89.4 Å². The maximum Gasteiger partial charge on any atom is 4.00 e. The van der Waals surface area contributed by atoms with Crippen LogP contribution in [0.5, 0.6) is 0 Å². The van der Waals surface area contributed by atoms with Crippen molar-refractivity contribution in [2.24, 2.45) is 11.3 Å². The second kappa shape index (κ2) is 29.1. The number of ether oxygens (including phenoxy) is 1. The van der Waals surface area contributed by atoms with E-state index in [9.17, 15) is 72.9 Å². The molecule has 3 aliphatic heterocycles. The Morgan fingerprint density at radius 3 is 2.24 bits per heavy atom. The summed E-state index contributed by atoms with van der Waals surface area (Å²) in [7, 11) is -16.6. The molecule has 12 N–H and O–H groups in total. The van der Waals surface area contributed by atoms with Crippen molar-refractivity contribution in [1.29, 1.82) is 0 Å². The number of allylic oxidation sites excluding steroid dienone is 2. The first-order valence-corrected chi connectivity index (χ1v) is 32.9. The van der Waals surface area contributed by atoms with Crippen molar-refractivity contribution in [2.45, 2.75) is 104 Å². The molecule has 0 spiro atoms. The molecule has 2 amide bonds. The number of carboxylic acid groups (broad SMARTS) is 1. The molecule has 5 aromatic rings. The minimum atomic E-state index is -5.64. The Labute approximate surface area is 528 Å². The van der Waals surface area contributed by atoms with E-state index in [1.54, 1.807) is 18.2 Å². The van der Waals surface area contributed by atoms with Crippen molar-refractivity contribution < 1.29 is 113 Å². The fourth-order valence-corrected chi connectivity index (χ4v) is 13.5. The number of nitrogen functional groups attached to an aromatic ring is 1. The van der Waals surface area contributed by atoms with Gasteiger partial charge in [-0.3, -0.25) is 37.3 Å². The van der Waals surface area contributed by atoms with Gasteiger partial charge in [-0.25, -0.2) is 28.6 Å². The van der Waals surface area contributed by atoms with Crippen LogP contribution in [0.25, 0.3) is 47.0 Å². The summed E-state index contributed by atoms with van der Waals surface area (Å²) in [6.07, 6.45) is 3.21. The molecule has 486 valence electrons. The van der Waals surface area contributed by atoms with E-state index in [0.717, 1.165) is 57.5 Å². The molecule has 8 bridgehead atoms.